The molecule has 8 nitrogen and oxygen atoms in total. The first-order valence-electron chi connectivity index (χ1n) is 14.6. The first kappa shape index (κ1) is 28.8. The number of benzene rings is 2. The van der Waals surface area contributed by atoms with Gasteiger partial charge in [0.1, 0.15) is 12.1 Å². The third kappa shape index (κ3) is 5.31. The molecule has 0 spiro atoms. The molecule has 3 aliphatic rings. The number of nitrogens with one attached hydrogen (secondary N) is 1. The topological polar surface area (TPSA) is 90.0 Å². The van der Waals surface area contributed by atoms with E-state index in [4.69, 9.17) is 0 Å². The molecule has 2 fully saturated rings. The summed E-state index contributed by atoms with van der Waals surface area (Å²) >= 11 is 0. The normalized spacial score (nSPS) is 24.2. The van der Waals surface area contributed by atoms with Crippen LogP contribution in [-0.2, 0) is 39.0 Å². The van der Waals surface area contributed by atoms with Crippen LogP contribution in [0.3, 0.4) is 0 Å². The number of sulfonamides is 1. The van der Waals surface area contributed by atoms with Crippen LogP contribution in [-0.4, -0.2) is 79.6 Å². The molecule has 2 aromatic rings. The van der Waals surface area contributed by atoms with E-state index in [1.807, 2.05) is 46.1 Å². The number of hydrogen-bond acceptors (Lipinski definition) is 5. The summed E-state index contributed by atoms with van der Waals surface area (Å²) in [5, 5.41) is 3.10. The van der Waals surface area contributed by atoms with Crippen LogP contribution in [0, 0.1) is 11.8 Å². The molecule has 40 heavy (non-hydrogen) atoms. The summed E-state index contributed by atoms with van der Waals surface area (Å²) in [6, 6.07) is 14.1. The van der Waals surface area contributed by atoms with E-state index in [9.17, 15) is 18.0 Å². The second-order valence-corrected chi connectivity index (χ2v) is 13.7. The molecule has 5 rings (SSSR count). The zero-order valence-electron chi connectivity index (χ0n) is 24.0. The maximum absolute atomic E-state index is 14.2. The van der Waals surface area contributed by atoms with Crippen molar-refractivity contribution in [1.82, 2.24) is 19.4 Å². The quantitative estimate of drug-likeness (QED) is 0.504. The van der Waals surface area contributed by atoms with Gasteiger partial charge in [0.15, 0.2) is 0 Å². The summed E-state index contributed by atoms with van der Waals surface area (Å²) in [6.07, 6.45) is 3.75. The minimum absolute atomic E-state index is 0.0196. The molecule has 2 heterocycles. The summed E-state index contributed by atoms with van der Waals surface area (Å²) in [6.45, 7) is 5.07. The third-order valence-corrected chi connectivity index (χ3v) is 11.3. The van der Waals surface area contributed by atoms with Crippen molar-refractivity contribution in [2.24, 2.45) is 11.8 Å². The number of amides is 2. The number of likely N-dealkylation sites (N-methyl/N-ethyl adjacent to an activating group) is 1. The van der Waals surface area contributed by atoms with Crippen molar-refractivity contribution in [1.29, 1.82) is 0 Å². The fraction of sp³-hybridized carbons (Fsp3) is 0.548. The van der Waals surface area contributed by atoms with Crippen LogP contribution >= 0.6 is 0 Å². The zero-order chi connectivity index (χ0) is 28.6. The molecule has 0 radical (unpaired) electrons. The van der Waals surface area contributed by atoms with Gasteiger partial charge >= 0.3 is 0 Å². The van der Waals surface area contributed by atoms with Gasteiger partial charge in [-0.15, -0.1) is 0 Å². The Balaban J connectivity index is 1.46. The first-order chi connectivity index (χ1) is 19.1. The fourth-order valence-corrected chi connectivity index (χ4v) is 8.55. The summed E-state index contributed by atoms with van der Waals surface area (Å²) in [5.74, 6) is -0.294. The highest BCUT2D eigenvalue weighted by Crippen LogP contribution is 2.34. The first-order valence-corrected chi connectivity index (χ1v) is 16.0. The van der Waals surface area contributed by atoms with Crippen molar-refractivity contribution in [3.63, 3.8) is 0 Å². The monoisotopic (exact) mass is 566 g/mol. The highest BCUT2D eigenvalue weighted by atomic mass is 32.2. The second kappa shape index (κ2) is 11.6. The van der Waals surface area contributed by atoms with Crippen molar-refractivity contribution in [3.05, 3.63) is 65.2 Å². The van der Waals surface area contributed by atoms with Crippen LogP contribution in [0.5, 0.6) is 0 Å². The Morgan fingerprint density at radius 3 is 2.20 bits per heavy atom. The molecular formula is C31H42N4O4S. The van der Waals surface area contributed by atoms with Crippen LogP contribution in [0.15, 0.2) is 53.4 Å². The molecule has 2 amide bonds. The number of carbonyl (C=O) groups is 2. The van der Waals surface area contributed by atoms with Gasteiger partial charge in [0.2, 0.25) is 21.8 Å². The van der Waals surface area contributed by atoms with E-state index in [0.29, 0.717) is 18.7 Å². The smallest absolute Gasteiger partial charge is 0.246 e. The number of fused-ring (bicyclic) bond motifs is 1. The highest BCUT2D eigenvalue weighted by Gasteiger charge is 2.47. The number of piperazine rings is 1. The van der Waals surface area contributed by atoms with Crippen molar-refractivity contribution < 1.29 is 18.0 Å². The van der Waals surface area contributed by atoms with E-state index in [-0.39, 0.29) is 41.1 Å². The molecular weight excluding hydrogens is 524 g/mol. The molecule has 2 aliphatic heterocycles. The summed E-state index contributed by atoms with van der Waals surface area (Å²) in [4.78, 5) is 31.9. The minimum Gasteiger partial charge on any atom is -0.342 e. The zero-order valence-corrected chi connectivity index (χ0v) is 24.9. The van der Waals surface area contributed by atoms with Gasteiger partial charge in [-0.3, -0.25) is 9.59 Å². The van der Waals surface area contributed by atoms with E-state index in [1.165, 1.54) is 11.1 Å². The summed E-state index contributed by atoms with van der Waals surface area (Å²) in [7, 11) is 0.179. The lowest BCUT2D eigenvalue weighted by atomic mass is 9.86. The van der Waals surface area contributed by atoms with Crippen LogP contribution in [0.2, 0.25) is 0 Å². The Kier molecular flexibility index (Phi) is 8.36. The van der Waals surface area contributed by atoms with E-state index >= 15 is 0 Å². The number of hydrogen-bond donors (Lipinski definition) is 1. The lowest BCUT2D eigenvalue weighted by Crippen LogP contribution is -2.66. The molecule has 0 unspecified atom stereocenters. The van der Waals surface area contributed by atoms with Crippen LogP contribution in [0.1, 0.15) is 49.8 Å². The van der Waals surface area contributed by atoms with Gasteiger partial charge in [0, 0.05) is 25.7 Å². The number of rotatable bonds is 9. The average molecular weight is 567 g/mol. The molecule has 0 saturated carbocycles. The summed E-state index contributed by atoms with van der Waals surface area (Å²) < 4.78 is 29.3. The van der Waals surface area contributed by atoms with Gasteiger partial charge < -0.3 is 15.1 Å². The molecule has 3 atom stereocenters. The largest absolute Gasteiger partial charge is 0.342 e. The predicted octanol–water partition coefficient (Wildman–Crippen LogP) is 3.06. The van der Waals surface area contributed by atoms with Crippen molar-refractivity contribution in [3.8, 4) is 0 Å². The standard InChI is InChI=1S/C31H42N4O4S/c1-5-21(6-2)29-30(36)32-28(25-17-22-11-7-8-12-23(22)18-25)31(37)35(29)19-24-13-9-10-14-27(24)40(38,39)34-16-15-26(20-34)33(3)4/h7-14,21,25-26,28-29H,5-6,15-20H2,1-4H3,(H,32,36)/t26-,28+,29+/m0/s1. The SMILES string of the molecule is CCC(CC)[C@@H]1C(=O)N[C@H](C2Cc3ccccc3C2)C(=O)N1Cc1ccccc1S(=O)(=O)N1CC[C@H](N(C)C)C1. The van der Waals surface area contributed by atoms with Gasteiger partial charge in [-0.25, -0.2) is 8.42 Å². The highest BCUT2D eigenvalue weighted by molar-refractivity contribution is 7.89. The molecule has 9 heteroatoms. The Bertz CT molecular complexity index is 1330. The van der Waals surface area contributed by atoms with Gasteiger partial charge in [-0.05, 0) is 68.0 Å². The lowest BCUT2D eigenvalue weighted by Gasteiger charge is -2.44. The molecule has 1 aliphatic carbocycles. The fourth-order valence-electron chi connectivity index (χ4n) is 6.84. The van der Waals surface area contributed by atoms with Crippen molar-refractivity contribution >= 4 is 21.8 Å². The van der Waals surface area contributed by atoms with Crippen molar-refractivity contribution in [2.45, 2.75) is 75.5 Å². The molecule has 0 aromatic heterocycles. The van der Waals surface area contributed by atoms with E-state index in [0.717, 1.165) is 32.1 Å². The summed E-state index contributed by atoms with van der Waals surface area (Å²) in [5.41, 5.74) is 3.01. The van der Waals surface area contributed by atoms with E-state index in [2.05, 4.69) is 22.3 Å². The Hall–Kier alpha value is -2.75. The molecule has 2 saturated heterocycles. The van der Waals surface area contributed by atoms with Gasteiger partial charge in [0.05, 0.1) is 4.90 Å². The molecule has 216 valence electrons. The Morgan fingerprint density at radius 1 is 0.975 bits per heavy atom. The minimum atomic E-state index is -3.76. The number of carbonyl (C=O) groups excluding carboxylic acids is 2. The third-order valence-electron chi connectivity index (χ3n) is 9.29. The van der Waals surface area contributed by atoms with Crippen molar-refractivity contribution in [2.75, 3.05) is 27.2 Å². The second-order valence-electron chi connectivity index (χ2n) is 11.8. The molecule has 2 aromatic carbocycles. The van der Waals surface area contributed by atoms with E-state index < -0.39 is 22.1 Å². The Labute approximate surface area is 238 Å². The maximum Gasteiger partial charge on any atom is 0.246 e. The maximum atomic E-state index is 14.2. The predicted molar refractivity (Wildman–Crippen MR) is 155 cm³/mol. The van der Waals surface area contributed by atoms with Crippen LogP contribution in [0.25, 0.3) is 0 Å². The number of nitrogens with zero attached hydrogens (tertiary/aromatic N) is 3. The van der Waals surface area contributed by atoms with Crippen LogP contribution in [0.4, 0.5) is 0 Å². The van der Waals surface area contributed by atoms with Gasteiger partial charge in [0.25, 0.3) is 0 Å². The Morgan fingerprint density at radius 2 is 1.60 bits per heavy atom. The molecule has 1 N–H and O–H groups in total. The van der Waals surface area contributed by atoms with Gasteiger partial charge in [-0.1, -0.05) is 69.2 Å². The molecule has 0 bridgehead atoms. The van der Waals surface area contributed by atoms with E-state index in [1.54, 1.807) is 27.4 Å². The average Bonchev–Trinajstić information content (AvgIpc) is 3.61. The lowest BCUT2D eigenvalue weighted by molar-refractivity contribution is -0.154. The van der Waals surface area contributed by atoms with Crippen LogP contribution < -0.4 is 5.32 Å². The van der Waals surface area contributed by atoms with Gasteiger partial charge in [-0.2, -0.15) is 4.31 Å².